The van der Waals surface area contributed by atoms with Crippen LogP contribution in [-0.2, 0) is 6.42 Å². The summed E-state index contributed by atoms with van der Waals surface area (Å²) in [7, 11) is 0. The van der Waals surface area contributed by atoms with Crippen molar-refractivity contribution in [1.82, 2.24) is 19.8 Å². The third kappa shape index (κ3) is 2.49. The van der Waals surface area contributed by atoms with E-state index in [0.717, 1.165) is 16.8 Å². The van der Waals surface area contributed by atoms with Crippen molar-refractivity contribution in [3.63, 3.8) is 0 Å². The molecule has 0 radical (unpaired) electrons. The van der Waals surface area contributed by atoms with Crippen molar-refractivity contribution in [1.29, 1.82) is 0 Å². The number of aromatic nitrogens is 4. The number of hydrogen-bond acceptors (Lipinski definition) is 6. The second-order valence-electron chi connectivity index (χ2n) is 5.87. The number of hydrogen-bond donors (Lipinski definition) is 0. The van der Waals surface area contributed by atoms with Crippen molar-refractivity contribution in [2.45, 2.75) is 6.42 Å². The van der Waals surface area contributed by atoms with Gasteiger partial charge in [-0.05, 0) is 17.7 Å². The zero-order valence-corrected chi connectivity index (χ0v) is 14.3. The maximum atomic E-state index is 12.4. The number of nitrogens with zero attached hydrogens (tertiary/aromatic N) is 4. The van der Waals surface area contributed by atoms with Crippen molar-refractivity contribution in [2.24, 2.45) is 0 Å². The molecule has 126 valence electrons. The van der Waals surface area contributed by atoms with Gasteiger partial charge in [0.15, 0.2) is 10.8 Å². The van der Waals surface area contributed by atoms with Crippen molar-refractivity contribution < 1.29 is 4.42 Å². The molecule has 0 fully saturated rings. The van der Waals surface area contributed by atoms with E-state index >= 15 is 0 Å². The molecule has 0 bridgehead atoms. The molecule has 0 aliphatic heterocycles. The van der Waals surface area contributed by atoms with Crippen LogP contribution < -0.4 is 5.63 Å². The lowest BCUT2D eigenvalue weighted by molar-refractivity contribution is 0.563. The minimum Gasteiger partial charge on any atom is -0.422 e. The van der Waals surface area contributed by atoms with Crippen LogP contribution in [0.25, 0.3) is 26.5 Å². The molecule has 0 saturated carbocycles. The molecule has 0 N–H and O–H groups in total. The molecule has 0 aliphatic rings. The van der Waals surface area contributed by atoms with E-state index in [4.69, 9.17) is 4.42 Å². The molecular weight excluding hydrogens is 348 g/mol. The highest BCUT2D eigenvalue weighted by molar-refractivity contribution is 7.19. The Balaban J connectivity index is 1.60. The molecule has 3 heterocycles. The SMILES string of the molecule is O=c1oc2ccccc2cc1-c1nn2c(Cc3ccccc3)nnc2s1. The van der Waals surface area contributed by atoms with Gasteiger partial charge in [0, 0.05) is 11.8 Å². The molecule has 6 nitrogen and oxygen atoms in total. The quantitative estimate of drug-likeness (QED) is 0.460. The summed E-state index contributed by atoms with van der Waals surface area (Å²) < 4.78 is 7.11. The zero-order chi connectivity index (χ0) is 17.5. The van der Waals surface area contributed by atoms with Crippen LogP contribution >= 0.6 is 11.3 Å². The molecule has 0 aliphatic carbocycles. The fourth-order valence-corrected chi connectivity index (χ4v) is 3.73. The third-order valence-electron chi connectivity index (χ3n) is 4.13. The molecular formula is C19H12N4O2S. The summed E-state index contributed by atoms with van der Waals surface area (Å²) in [5, 5.41) is 14.4. The average molecular weight is 360 g/mol. The van der Waals surface area contributed by atoms with Gasteiger partial charge in [0.25, 0.3) is 0 Å². The Labute approximate surface area is 151 Å². The van der Waals surface area contributed by atoms with E-state index in [9.17, 15) is 4.79 Å². The third-order valence-corrected chi connectivity index (χ3v) is 5.06. The molecule has 3 aromatic heterocycles. The van der Waals surface area contributed by atoms with E-state index in [1.165, 1.54) is 11.3 Å². The molecule has 0 saturated heterocycles. The molecule has 0 atom stereocenters. The van der Waals surface area contributed by atoms with Crippen molar-refractivity contribution in [3.05, 3.63) is 82.5 Å². The zero-order valence-electron chi connectivity index (χ0n) is 13.5. The van der Waals surface area contributed by atoms with Gasteiger partial charge >= 0.3 is 5.63 Å². The molecule has 0 unspecified atom stereocenters. The number of fused-ring (bicyclic) bond motifs is 2. The lowest BCUT2D eigenvalue weighted by Gasteiger charge is -1.99. The van der Waals surface area contributed by atoms with E-state index in [0.29, 0.717) is 27.5 Å². The first kappa shape index (κ1) is 15.0. The molecule has 0 spiro atoms. The summed E-state index contributed by atoms with van der Waals surface area (Å²) in [4.78, 5) is 13.0. The predicted molar refractivity (Wildman–Crippen MR) is 99.4 cm³/mol. The van der Waals surface area contributed by atoms with Crippen LogP contribution in [0.3, 0.4) is 0 Å². The van der Waals surface area contributed by atoms with Gasteiger partial charge in [0.2, 0.25) is 4.96 Å². The summed E-state index contributed by atoms with van der Waals surface area (Å²) in [6, 6.07) is 19.2. The van der Waals surface area contributed by atoms with Crippen LogP contribution in [0.2, 0.25) is 0 Å². The minimum atomic E-state index is -0.404. The van der Waals surface area contributed by atoms with E-state index in [1.54, 1.807) is 10.6 Å². The first-order chi connectivity index (χ1) is 12.8. The lowest BCUT2D eigenvalue weighted by Crippen LogP contribution is -2.03. The topological polar surface area (TPSA) is 73.3 Å². The van der Waals surface area contributed by atoms with Gasteiger partial charge in [-0.3, -0.25) is 0 Å². The smallest absolute Gasteiger partial charge is 0.346 e. The van der Waals surface area contributed by atoms with Crippen LogP contribution in [0.4, 0.5) is 0 Å². The Bertz CT molecular complexity index is 1290. The second-order valence-corrected chi connectivity index (χ2v) is 6.82. The number of rotatable bonds is 3. The highest BCUT2D eigenvalue weighted by Gasteiger charge is 2.16. The van der Waals surface area contributed by atoms with Gasteiger partial charge in [0.05, 0.1) is 5.56 Å². The van der Waals surface area contributed by atoms with Gasteiger partial charge in [0.1, 0.15) is 5.58 Å². The summed E-state index contributed by atoms with van der Waals surface area (Å²) in [6.45, 7) is 0. The summed E-state index contributed by atoms with van der Waals surface area (Å²) in [5.41, 5.74) is 1.72. The molecule has 7 heteroatoms. The van der Waals surface area contributed by atoms with Crippen LogP contribution in [0.15, 0.2) is 69.9 Å². The Hall–Kier alpha value is -3.32. The Morgan fingerprint density at radius 1 is 1.00 bits per heavy atom. The standard InChI is InChI=1S/C19H12N4O2S/c24-18-14(11-13-8-4-5-9-15(13)25-18)17-22-23-16(20-21-19(23)26-17)10-12-6-2-1-3-7-12/h1-9,11H,10H2. The first-order valence-electron chi connectivity index (χ1n) is 8.06. The summed E-state index contributed by atoms with van der Waals surface area (Å²) >= 11 is 1.32. The van der Waals surface area contributed by atoms with Crippen LogP contribution in [0.5, 0.6) is 0 Å². The lowest BCUT2D eigenvalue weighted by atomic mass is 10.1. The van der Waals surface area contributed by atoms with E-state index in [2.05, 4.69) is 15.3 Å². The highest BCUT2D eigenvalue weighted by Crippen LogP contribution is 2.26. The fourth-order valence-electron chi connectivity index (χ4n) is 2.87. The molecule has 0 amide bonds. The predicted octanol–water partition coefficient (Wildman–Crippen LogP) is 3.55. The monoisotopic (exact) mass is 360 g/mol. The number of benzene rings is 2. The number of para-hydroxylation sites is 1. The highest BCUT2D eigenvalue weighted by atomic mass is 32.1. The summed E-state index contributed by atoms with van der Waals surface area (Å²) in [6.07, 6.45) is 0.623. The fraction of sp³-hybridized carbons (Fsp3) is 0.0526. The van der Waals surface area contributed by atoms with Crippen molar-refractivity contribution in [2.75, 3.05) is 0 Å². The van der Waals surface area contributed by atoms with Gasteiger partial charge in [-0.2, -0.15) is 9.61 Å². The van der Waals surface area contributed by atoms with Gasteiger partial charge in [-0.25, -0.2) is 4.79 Å². The summed E-state index contributed by atoms with van der Waals surface area (Å²) in [5.74, 6) is 0.735. The van der Waals surface area contributed by atoms with E-state index in [-0.39, 0.29) is 0 Å². The minimum absolute atomic E-state index is 0.404. The second kappa shape index (κ2) is 5.89. The molecule has 5 aromatic rings. The molecule has 5 rings (SSSR count). The Morgan fingerprint density at radius 3 is 2.69 bits per heavy atom. The largest absolute Gasteiger partial charge is 0.422 e. The van der Waals surface area contributed by atoms with Gasteiger partial charge in [-0.15, -0.1) is 10.2 Å². The van der Waals surface area contributed by atoms with Crippen LogP contribution in [0, 0.1) is 0 Å². The average Bonchev–Trinajstić information content (AvgIpc) is 3.24. The van der Waals surface area contributed by atoms with Crippen molar-refractivity contribution in [3.8, 4) is 10.6 Å². The van der Waals surface area contributed by atoms with Crippen LogP contribution in [-0.4, -0.2) is 19.8 Å². The van der Waals surface area contributed by atoms with E-state index < -0.39 is 5.63 Å². The normalized spacial score (nSPS) is 11.4. The van der Waals surface area contributed by atoms with Crippen LogP contribution in [0.1, 0.15) is 11.4 Å². The maximum Gasteiger partial charge on any atom is 0.346 e. The van der Waals surface area contributed by atoms with Gasteiger partial charge in [-0.1, -0.05) is 59.9 Å². The first-order valence-corrected chi connectivity index (χ1v) is 8.88. The molecule has 26 heavy (non-hydrogen) atoms. The molecule has 2 aromatic carbocycles. The van der Waals surface area contributed by atoms with E-state index in [1.807, 2.05) is 54.6 Å². The van der Waals surface area contributed by atoms with Crippen molar-refractivity contribution >= 4 is 27.3 Å². The Morgan fingerprint density at radius 2 is 1.81 bits per heavy atom. The maximum absolute atomic E-state index is 12.4. The van der Waals surface area contributed by atoms with Gasteiger partial charge < -0.3 is 4.42 Å². The Kier molecular flexibility index (Phi) is 3.39.